The summed E-state index contributed by atoms with van der Waals surface area (Å²) in [6.45, 7) is 0. The number of hydrogen-bond donors (Lipinski definition) is 0. The predicted octanol–water partition coefficient (Wildman–Crippen LogP) is 3.76. The second-order valence-electron chi connectivity index (χ2n) is 9.11. The minimum Gasteiger partial charge on any atom is -0.355 e. The Morgan fingerprint density at radius 2 is 1.40 bits per heavy atom. The number of ether oxygens (including phenoxy) is 2. The second-order valence-corrected chi connectivity index (χ2v) is 9.11. The average Bonchev–Trinajstić information content (AvgIpc) is 3.16. The van der Waals surface area contributed by atoms with Gasteiger partial charge in [-0.1, -0.05) is 48.5 Å². The van der Waals surface area contributed by atoms with Gasteiger partial charge in [0, 0.05) is 32.3 Å². The van der Waals surface area contributed by atoms with Crippen LogP contribution in [-0.4, -0.2) is 37.2 Å². The molecule has 4 aliphatic rings. The predicted molar refractivity (Wildman–Crippen MR) is 126 cm³/mol. The fourth-order valence-electron chi connectivity index (χ4n) is 6.68. The molecule has 0 saturated carbocycles. The molecule has 2 unspecified atom stereocenters. The SMILES string of the molecule is COC(OC)C12c3ccccc3C(c3ccccc31)C1C(=O)N(c3ccc([N+](=O)[O-])cc3)C(=O)C12. The quantitative estimate of drug-likeness (QED) is 0.244. The van der Waals surface area contributed by atoms with Crippen molar-refractivity contribution >= 4 is 23.2 Å². The van der Waals surface area contributed by atoms with Crippen LogP contribution in [0.4, 0.5) is 11.4 Å². The largest absolute Gasteiger partial charge is 0.355 e. The van der Waals surface area contributed by atoms with E-state index in [1.807, 2.05) is 48.5 Å². The smallest absolute Gasteiger partial charge is 0.269 e. The van der Waals surface area contributed by atoms with Crippen LogP contribution >= 0.6 is 0 Å². The van der Waals surface area contributed by atoms with Crippen molar-refractivity contribution in [2.45, 2.75) is 17.6 Å². The van der Waals surface area contributed by atoms with Gasteiger partial charge in [0.25, 0.3) is 5.69 Å². The molecule has 0 radical (unpaired) electrons. The van der Waals surface area contributed by atoms with Crippen LogP contribution in [0.2, 0.25) is 0 Å². The molecule has 2 atom stereocenters. The van der Waals surface area contributed by atoms with E-state index in [4.69, 9.17) is 9.47 Å². The minimum atomic E-state index is -1.04. The van der Waals surface area contributed by atoms with Gasteiger partial charge in [-0.3, -0.25) is 19.7 Å². The first-order valence-electron chi connectivity index (χ1n) is 11.3. The molecule has 0 N–H and O–H groups in total. The van der Waals surface area contributed by atoms with Gasteiger partial charge in [-0.25, -0.2) is 4.90 Å². The van der Waals surface area contributed by atoms with Gasteiger partial charge in [0.1, 0.15) is 0 Å². The zero-order chi connectivity index (χ0) is 24.5. The van der Waals surface area contributed by atoms with E-state index < -0.39 is 28.5 Å². The Kier molecular flexibility index (Phi) is 4.67. The Labute approximate surface area is 201 Å². The van der Waals surface area contributed by atoms with E-state index in [9.17, 15) is 19.7 Å². The summed E-state index contributed by atoms with van der Waals surface area (Å²) in [6, 6.07) is 21.2. The first-order chi connectivity index (χ1) is 17.0. The highest BCUT2D eigenvalue weighted by molar-refractivity contribution is 6.23. The van der Waals surface area contributed by atoms with Crippen molar-refractivity contribution in [3.63, 3.8) is 0 Å². The number of rotatable bonds is 5. The highest BCUT2D eigenvalue weighted by Gasteiger charge is 2.71. The Hall–Kier alpha value is -3.88. The molecular formula is C27H22N2O6. The Morgan fingerprint density at radius 3 is 1.91 bits per heavy atom. The minimum absolute atomic E-state index is 0.111. The van der Waals surface area contributed by atoms with Crippen molar-refractivity contribution in [2.75, 3.05) is 19.1 Å². The fraction of sp³-hybridized carbons (Fsp3) is 0.259. The van der Waals surface area contributed by atoms with E-state index in [0.29, 0.717) is 5.69 Å². The Bertz CT molecular complexity index is 1330. The molecule has 3 aromatic carbocycles. The third-order valence-electron chi connectivity index (χ3n) is 7.80. The molecule has 3 aliphatic carbocycles. The highest BCUT2D eigenvalue weighted by Crippen LogP contribution is 2.65. The molecule has 176 valence electrons. The van der Waals surface area contributed by atoms with Gasteiger partial charge in [-0.15, -0.1) is 0 Å². The van der Waals surface area contributed by atoms with Crippen LogP contribution in [-0.2, 0) is 24.5 Å². The molecule has 2 bridgehead atoms. The van der Waals surface area contributed by atoms with Crippen molar-refractivity contribution in [1.29, 1.82) is 0 Å². The van der Waals surface area contributed by atoms with Crippen molar-refractivity contribution in [2.24, 2.45) is 11.8 Å². The Balaban J connectivity index is 1.62. The number of nitro benzene ring substituents is 1. The van der Waals surface area contributed by atoms with E-state index in [1.165, 1.54) is 29.2 Å². The van der Waals surface area contributed by atoms with Crippen LogP contribution in [0.3, 0.4) is 0 Å². The third kappa shape index (κ3) is 2.58. The van der Waals surface area contributed by atoms with Crippen molar-refractivity contribution in [3.8, 4) is 0 Å². The summed E-state index contributed by atoms with van der Waals surface area (Å²) in [5.41, 5.74) is 2.97. The highest BCUT2D eigenvalue weighted by atomic mass is 16.7. The molecule has 1 aliphatic heterocycles. The maximum atomic E-state index is 14.2. The van der Waals surface area contributed by atoms with Crippen molar-refractivity contribution < 1.29 is 24.0 Å². The van der Waals surface area contributed by atoms with Gasteiger partial charge in [-0.05, 0) is 34.4 Å². The number of benzene rings is 3. The molecule has 8 heteroatoms. The maximum absolute atomic E-state index is 14.2. The molecule has 1 fully saturated rings. The lowest BCUT2D eigenvalue weighted by Crippen LogP contribution is -2.60. The normalized spacial score (nSPS) is 26.0. The lowest BCUT2D eigenvalue weighted by Gasteiger charge is -2.56. The van der Waals surface area contributed by atoms with Crippen LogP contribution in [0.15, 0.2) is 72.8 Å². The van der Waals surface area contributed by atoms with Crippen LogP contribution in [0.1, 0.15) is 28.2 Å². The lowest BCUT2D eigenvalue weighted by atomic mass is 9.47. The van der Waals surface area contributed by atoms with Crippen LogP contribution < -0.4 is 4.90 Å². The monoisotopic (exact) mass is 470 g/mol. The fourth-order valence-corrected chi connectivity index (χ4v) is 6.68. The summed E-state index contributed by atoms with van der Waals surface area (Å²) in [7, 11) is 3.08. The third-order valence-corrected chi connectivity index (χ3v) is 7.80. The molecule has 1 saturated heterocycles. The first-order valence-corrected chi connectivity index (χ1v) is 11.3. The van der Waals surface area contributed by atoms with Gasteiger partial charge in [0.15, 0.2) is 6.29 Å². The van der Waals surface area contributed by atoms with E-state index in [0.717, 1.165) is 22.3 Å². The van der Waals surface area contributed by atoms with Crippen LogP contribution in [0.25, 0.3) is 0 Å². The number of nitro groups is 1. The van der Waals surface area contributed by atoms with Gasteiger partial charge in [-0.2, -0.15) is 0 Å². The number of nitrogens with zero attached hydrogens (tertiary/aromatic N) is 2. The van der Waals surface area contributed by atoms with E-state index in [1.54, 1.807) is 14.2 Å². The molecule has 1 heterocycles. The number of hydrogen-bond acceptors (Lipinski definition) is 6. The number of carbonyl (C=O) groups excluding carboxylic acids is 2. The molecular weight excluding hydrogens is 448 g/mol. The van der Waals surface area contributed by atoms with Gasteiger partial charge in [0.05, 0.1) is 27.9 Å². The average molecular weight is 470 g/mol. The molecule has 8 nitrogen and oxygen atoms in total. The second kappa shape index (κ2) is 7.56. The molecule has 35 heavy (non-hydrogen) atoms. The Morgan fingerprint density at radius 1 is 0.857 bits per heavy atom. The summed E-state index contributed by atoms with van der Waals surface area (Å²) in [5.74, 6) is -2.40. The number of imide groups is 1. The van der Waals surface area contributed by atoms with Crippen molar-refractivity contribution in [1.82, 2.24) is 0 Å². The van der Waals surface area contributed by atoms with Crippen LogP contribution in [0.5, 0.6) is 0 Å². The molecule has 3 aromatic rings. The molecule has 0 spiro atoms. The summed E-state index contributed by atoms with van der Waals surface area (Å²) in [5, 5.41) is 11.1. The number of methoxy groups -OCH3 is 2. The summed E-state index contributed by atoms with van der Waals surface area (Å²) >= 11 is 0. The topological polar surface area (TPSA) is 99.0 Å². The first kappa shape index (κ1) is 21.6. The standard InChI is InChI=1S/C27H22N2O6/c1-34-26(35-2)27-19-9-5-3-7-17(19)21(18-8-4-6-10-20(18)27)22-23(27)25(31)28(24(22)30)15-11-13-16(14-12-15)29(32)33/h3-14,21-23,26H,1-2H3. The number of non-ortho nitro benzene ring substituents is 1. The summed E-state index contributed by atoms with van der Waals surface area (Å²) in [6.07, 6.45) is -0.827. The van der Waals surface area contributed by atoms with E-state index >= 15 is 0 Å². The van der Waals surface area contributed by atoms with E-state index in [-0.39, 0.29) is 23.4 Å². The maximum Gasteiger partial charge on any atom is 0.269 e. The lowest BCUT2D eigenvalue weighted by molar-refractivity contribution is -0.384. The molecule has 7 rings (SSSR count). The van der Waals surface area contributed by atoms with E-state index in [2.05, 4.69) is 0 Å². The van der Waals surface area contributed by atoms with Gasteiger partial charge in [0.2, 0.25) is 11.8 Å². The molecule has 0 aromatic heterocycles. The van der Waals surface area contributed by atoms with Crippen LogP contribution in [0, 0.1) is 22.0 Å². The summed E-state index contributed by atoms with van der Waals surface area (Å²) in [4.78, 5) is 40.0. The molecule has 2 amide bonds. The zero-order valence-corrected chi connectivity index (χ0v) is 19.1. The summed E-state index contributed by atoms with van der Waals surface area (Å²) < 4.78 is 11.7. The van der Waals surface area contributed by atoms with Gasteiger partial charge < -0.3 is 9.47 Å². The number of carbonyl (C=O) groups is 2. The zero-order valence-electron chi connectivity index (χ0n) is 19.1. The van der Waals surface area contributed by atoms with Crippen molar-refractivity contribution in [3.05, 3.63) is 105 Å². The number of amides is 2. The number of anilines is 1. The van der Waals surface area contributed by atoms with Gasteiger partial charge >= 0.3 is 0 Å².